The van der Waals surface area contributed by atoms with Crippen LogP contribution in [-0.4, -0.2) is 16.3 Å². The number of aryl methyl sites for hydroxylation is 1. The molecule has 0 fully saturated rings. The van der Waals surface area contributed by atoms with Crippen molar-refractivity contribution in [3.8, 4) is 5.69 Å². The molecule has 1 aromatic heterocycles. The third kappa shape index (κ3) is 3.00. The highest BCUT2D eigenvalue weighted by molar-refractivity contribution is 9.10. The van der Waals surface area contributed by atoms with Crippen molar-refractivity contribution in [1.29, 1.82) is 0 Å². The van der Waals surface area contributed by atoms with Crippen LogP contribution < -0.4 is 5.32 Å². The van der Waals surface area contributed by atoms with Crippen LogP contribution in [0.1, 0.15) is 36.8 Å². The lowest BCUT2D eigenvalue weighted by Gasteiger charge is -2.18. The quantitative estimate of drug-likeness (QED) is 0.806. The van der Waals surface area contributed by atoms with Crippen LogP contribution in [0.2, 0.25) is 0 Å². The second kappa shape index (κ2) is 6.41. The Morgan fingerprint density at radius 2 is 2.00 bits per heavy atom. The smallest absolute Gasteiger partial charge is 0.0743 e. The first-order chi connectivity index (χ1) is 9.45. The Hall–Kier alpha value is -0.650. The lowest BCUT2D eigenvalue weighted by molar-refractivity contribution is 0.592. The molecule has 0 aliphatic rings. The number of rotatable bonds is 4. The summed E-state index contributed by atoms with van der Waals surface area (Å²) < 4.78 is 4.14. The summed E-state index contributed by atoms with van der Waals surface area (Å²) in [6.07, 6.45) is 0. The number of nitrogens with one attached hydrogen (secondary N) is 1. The van der Waals surface area contributed by atoms with Gasteiger partial charge in [-0.25, -0.2) is 4.68 Å². The fraction of sp³-hybridized carbons (Fsp3) is 0.400. The molecule has 2 aromatic rings. The van der Waals surface area contributed by atoms with Gasteiger partial charge in [0.2, 0.25) is 0 Å². The molecule has 5 heteroatoms. The lowest BCUT2D eigenvalue weighted by Crippen LogP contribution is -2.20. The molecule has 1 unspecified atom stereocenters. The van der Waals surface area contributed by atoms with Crippen molar-refractivity contribution in [2.75, 3.05) is 6.54 Å². The summed E-state index contributed by atoms with van der Waals surface area (Å²) in [5, 5.41) is 8.11. The van der Waals surface area contributed by atoms with E-state index in [4.69, 9.17) is 0 Å². The molecule has 0 aliphatic heterocycles. The number of hydrogen-bond donors (Lipinski definition) is 1. The molecule has 0 amide bonds. The third-order valence-corrected chi connectivity index (χ3v) is 5.04. The van der Waals surface area contributed by atoms with Crippen molar-refractivity contribution >= 4 is 31.9 Å². The van der Waals surface area contributed by atoms with E-state index in [1.807, 2.05) is 11.6 Å². The van der Waals surface area contributed by atoms with Crippen LogP contribution in [0.5, 0.6) is 0 Å². The van der Waals surface area contributed by atoms with E-state index < -0.39 is 0 Å². The van der Waals surface area contributed by atoms with E-state index in [9.17, 15) is 0 Å². The summed E-state index contributed by atoms with van der Waals surface area (Å²) in [5.41, 5.74) is 4.47. The first-order valence-corrected chi connectivity index (χ1v) is 8.29. The summed E-state index contributed by atoms with van der Waals surface area (Å²) in [5.74, 6) is 0. The van der Waals surface area contributed by atoms with Crippen molar-refractivity contribution in [1.82, 2.24) is 15.1 Å². The third-order valence-electron chi connectivity index (χ3n) is 3.40. The van der Waals surface area contributed by atoms with Gasteiger partial charge in [-0.3, -0.25) is 0 Å². The fourth-order valence-electron chi connectivity index (χ4n) is 2.34. The molecule has 1 aromatic carbocycles. The molecule has 108 valence electrons. The van der Waals surface area contributed by atoms with Crippen molar-refractivity contribution < 1.29 is 0 Å². The van der Waals surface area contributed by atoms with Gasteiger partial charge in [0.1, 0.15) is 0 Å². The van der Waals surface area contributed by atoms with Gasteiger partial charge in [-0.05, 0) is 60.9 Å². The van der Waals surface area contributed by atoms with E-state index in [1.165, 1.54) is 5.56 Å². The zero-order valence-electron chi connectivity index (χ0n) is 12.2. The highest BCUT2D eigenvalue weighted by Crippen LogP contribution is 2.29. The van der Waals surface area contributed by atoms with E-state index in [0.29, 0.717) is 0 Å². The van der Waals surface area contributed by atoms with Crippen LogP contribution >= 0.6 is 31.9 Å². The molecule has 20 heavy (non-hydrogen) atoms. The molecule has 0 aliphatic carbocycles. The van der Waals surface area contributed by atoms with Crippen LogP contribution in [0.3, 0.4) is 0 Å². The molecule has 0 bridgehead atoms. The van der Waals surface area contributed by atoms with Crippen LogP contribution in [-0.2, 0) is 0 Å². The Balaban J connectivity index is 2.59. The van der Waals surface area contributed by atoms with Gasteiger partial charge in [0.25, 0.3) is 0 Å². The van der Waals surface area contributed by atoms with Crippen LogP contribution in [0.25, 0.3) is 5.69 Å². The molecule has 0 spiro atoms. The maximum absolute atomic E-state index is 4.65. The number of hydrogen-bond acceptors (Lipinski definition) is 2. The second-order valence-electron chi connectivity index (χ2n) is 4.88. The van der Waals surface area contributed by atoms with Crippen molar-refractivity contribution in [3.63, 3.8) is 0 Å². The van der Waals surface area contributed by atoms with Crippen molar-refractivity contribution in [3.05, 3.63) is 44.1 Å². The number of nitrogens with zero attached hydrogens (tertiary/aromatic N) is 2. The largest absolute Gasteiger partial charge is 0.310 e. The fourth-order valence-corrected chi connectivity index (χ4v) is 2.94. The maximum atomic E-state index is 4.65. The zero-order valence-corrected chi connectivity index (χ0v) is 15.3. The summed E-state index contributed by atoms with van der Waals surface area (Å²) in [4.78, 5) is 0. The molecule has 0 saturated heterocycles. The number of benzene rings is 1. The predicted octanol–water partition coefficient (Wildman–Crippen LogP) is 4.68. The average molecular weight is 401 g/mol. The van der Waals surface area contributed by atoms with E-state index in [-0.39, 0.29) is 6.04 Å². The van der Waals surface area contributed by atoms with Crippen molar-refractivity contribution in [2.24, 2.45) is 0 Å². The number of aromatic nitrogens is 2. The molecular formula is C15H19Br2N3. The Morgan fingerprint density at radius 1 is 1.30 bits per heavy atom. The second-order valence-corrected chi connectivity index (χ2v) is 6.59. The number of halogens is 2. The van der Waals surface area contributed by atoms with E-state index in [1.54, 1.807) is 0 Å². The van der Waals surface area contributed by atoms with Gasteiger partial charge in [-0.2, -0.15) is 5.10 Å². The van der Waals surface area contributed by atoms with Crippen LogP contribution in [0.15, 0.2) is 27.1 Å². The first-order valence-electron chi connectivity index (χ1n) is 6.70. The molecule has 3 nitrogen and oxygen atoms in total. The normalized spacial score (nSPS) is 12.7. The van der Waals surface area contributed by atoms with Crippen LogP contribution in [0, 0.1) is 13.8 Å². The Morgan fingerprint density at radius 3 is 2.55 bits per heavy atom. The Bertz CT molecular complexity index is 620. The van der Waals surface area contributed by atoms with Crippen LogP contribution in [0.4, 0.5) is 0 Å². The average Bonchev–Trinajstić information content (AvgIpc) is 2.66. The highest BCUT2D eigenvalue weighted by atomic mass is 79.9. The highest BCUT2D eigenvalue weighted by Gasteiger charge is 2.16. The molecule has 2 rings (SSSR count). The van der Waals surface area contributed by atoms with E-state index in [0.717, 1.165) is 32.6 Å². The minimum absolute atomic E-state index is 0.283. The first kappa shape index (κ1) is 15.7. The standard InChI is InChI=1S/C15H19Br2N3/c1-5-18-9(2)13-7-6-12(16)8-14(13)20-11(4)15(17)10(3)19-20/h6-9,18H,5H2,1-4H3. The minimum Gasteiger partial charge on any atom is -0.310 e. The maximum Gasteiger partial charge on any atom is 0.0743 e. The predicted molar refractivity (Wildman–Crippen MR) is 90.5 cm³/mol. The Kier molecular flexibility index (Phi) is 5.04. The van der Waals surface area contributed by atoms with Gasteiger partial charge < -0.3 is 5.32 Å². The topological polar surface area (TPSA) is 29.9 Å². The molecular weight excluding hydrogens is 382 g/mol. The van der Waals surface area contributed by atoms with Gasteiger partial charge in [0.05, 0.1) is 21.5 Å². The molecule has 1 heterocycles. The van der Waals surface area contributed by atoms with Gasteiger partial charge in [-0.1, -0.05) is 28.9 Å². The van der Waals surface area contributed by atoms with E-state index >= 15 is 0 Å². The molecule has 1 N–H and O–H groups in total. The van der Waals surface area contributed by atoms with Gasteiger partial charge >= 0.3 is 0 Å². The molecule has 0 radical (unpaired) electrons. The minimum atomic E-state index is 0.283. The summed E-state index contributed by atoms with van der Waals surface area (Å²) in [6, 6.07) is 6.63. The summed E-state index contributed by atoms with van der Waals surface area (Å²) in [6.45, 7) is 9.33. The van der Waals surface area contributed by atoms with Crippen molar-refractivity contribution in [2.45, 2.75) is 33.7 Å². The Labute approximate surface area is 137 Å². The van der Waals surface area contributed by atoms with Gasteiger partial charge in [-0.15, -0.1) is 0 Å². The monoisotopic (exact) mass is 399 g/mol. The van der Waals surface area contributed by atoms with Gasteiger partial charge in [0.15, 0.2) is 0 Å². The molecule has 0 saturated carbocycles. The summed E-state index contributed by atoms with van der Waals surface area (Å²) >= 11 is 7.16. The zero-order chi connectivity index (χ0) is 14.9. The summed E-state index contributed by atoms with van der Waals surface area (Å²) in [7, 11) is 0. The van der Waals surface area contributed by atoms with Gasteiger partial charge in [0, 0.05) is 10.5 Å². The SMILES string of the molecule is CCNC(C)c1ccc(Br)cc1-n1nc(C)c(Br)c1C. The molecule has 1 atom stereocenters. The lowest BCUT2D eigenvalue weighted by atomic mass is 10.1. The van der Waals surface area contributed by atoms with E-state index in [2.05, 4.69) is 81.2 Å².